The summed E-state index contributed by atoms with van der Waals surface area (Å²) in [5.41, 5.74) is 3.14. The molecule has 36 heavy (non-hydrogen) atoms. The third kappa shape index (κ3) is 4.80. The monoisotopic (exact) mass is 502 g/mol. The molecular formula is C26H23FN6O2S. The number of hydrogen-bond donors (Lipinski definition) is 2. The number of thioether (sulfide) groups is 1. The van der Waals surface area contributed by atoms with E-state index >= 15 is 0 Å². The van der Waals surface area contributed by atoms with Crippen LogP contribution in [0.4, 0.5) is 16.0 Å². The minimum absolute atomic E-state index is 0.268. The highest BCUT2D eigenvalue weighted by Crippen LogP contribution is 2.37. The average molecular weight is 503 g/mol. The molecule has 0 radical (unpaired) electrons. The number of nitrogens with zero attached hydrogens (tertiary/aromatic N) is 4. The van der Waals surface area contributed by atoms with Crippen molar-refractivity contribution >= 4 is 29.3 Å². The lowest BCUT2D eigenvalue weighted by Crippen LogP contribution is -2.31. The van der Waals surface area contributed by atoms with Crippen molar-refractivity contribution in [1.29, 1.82) is 0 Å². The van der Waals surface area contributed by atoms with Gasteiger partial charge in [-0.05, 0) is 48.4 Å². The van der Waals surface area contributed by atoms with E-state index in [-0.39, 0.29) is 11.7 Å². The van der Waals surface area contributed by atoms with E-state index in [1.54, 1.807) is 54.5 Å². The van der Waals surface area contributed by atoms with E-state index in [0.717, 1.165) is 5.56 Å². The lowest BCUT2D eigenvalue weighted by molar-refractivity contribution is -0.113. The van der Waals surface area contributed by atoms with Crippen LogP contribution in [0.3, 0.4) is 0 Å². The molecule has 182 valence electrons. The Balaban J connectivity index is 1.49. The van der Waals surface area contributed by atoms with E-state index in [0.29, 0.717) is 45.1 Å². The van der Waals surface area contributed by atoms with Crippen LogP contribution in [-0.4, -0.2) is 32.8 Å². The van der Waals surface area contributed by atoms with Crippen LogP contribution in [0.15, 0.2) is 89.5 Å². The quantitative estimate of drug-likeness (QED) is 0.342. The maximum atomic E-state index is 14.1. The number of ether oxygens (including phenoxy) is 1. The summed E-state index contributed by atoms with van der Waals surface area (Å²) in [6.45, 7) is 1.83. The molecule has 1 atom stereocenters. The Morgan fingerprint density at radius 1 is 1.17 bits per heavy atom. The minimum atomic E-state index is -0.542. The van der Waals surface area contributed by atoms with Gasteiger partial charge in [0, 0.05) is 17.6 Å². The van der Waals surface area contributed by atoms with Crippen molar-refractivity contribution in [2.24, 2.45) is 0 Å². The Morgan fingerprint density at radius 3 is 2.69 bits per heavy atom. The summed E-state index contributed by atoms with van der Waals surface area (Å²) in [6, 6.07) is 17.1. The highest BCUT2D eigenvalue weighted by atomic mass is 32.2. The number of fused-ring (bicyclic) bond motifs is 1. The maximum Gasteiger partial charge on any atom is 0.255 e. The predicted molar refractivity (Wildman–Crippen MR) is 136 cm³/mol. The van der Waals surface area contributed by atoms with Gasteiger partial charge in [-0.3, -0.25) is 9.78 Å². The van der Waals surface area contributed by atoms with Gasteiger partial charge in [-0.25, -0.2) is 9.07 Å². The van der Waals surface area contributed by atoms with Crippen LogP contribution in [0, 0.1) is 5.82 Å². The molecule has 4 aromatic rings. The van der Waals surface area contributed by atoms with Gasteiger partial charge in [0.1, 0.15) is 17.6 Å². The van der Waals surface area contributed by atoms with Crippen LogP contribution in [0.1, 0.15) is 24.1 Å². The van der Waals surface area contributed by atoms with Crippen LogP contribution in [0.25, 0.3) is 0 Å². The van der Waals surface area contributed by atoms with E-state index in [2.05, 4.69) is 20.6 Å². The molecule has 0 bridgehead atoms. The number of anilines is 2. The number of carbonyl (C=O) groups is 1. The molecule has 1 amide bonds. The standard InChI is InChI=1S/C26H23FN6O2S/c1-16-22(24(34)30-19-7-5-13-28-14-19)23(17-9-11-20(35-2)12-10-17)33-25(29-16)31-26(32-33)36-15-18-6-3-4-8-21(18)27/h3-14,23H,15H2,1-2H3,(H,30,34)(H,29,31,32)/t23-/m1/s1. The molecule has 0 saturated carbocycles. The van der Waals surface area contributed by atoms with Gasteiger partial charge in [0.25, 0.3) is 5.91 Å². The van der Waals surface area contributed by atoms with Crippen LogP contribution in [-0.2, 0) is 10.5 Å². The van der Waals surface area contributed by atoms with Gasteiger partial charge in [-0.2, -0.15) is 4.98 Å². The predicted octanol–water partition coefficient (Wildman–Crippen LogP) is 5.04. The van der Waals surface area contributed by atoms with Crippen molar-refractivity contribution in [2.45, 2.75) is 23.9 Å². The van der Waals surface area contributed by atoms with Crippen molar-refractivity contribution in [3.05, 3.63) is 101 Å². The second-order valence-electron chi connectivity index (χ2n) is 8.08. The molecule has 1 aliphatic heterocycles. The molecule has 5 rings (SSSR count). The lowest BCUT2D eigenvalue weighted by Gasteiger charge is -2.28. The van der Waals surface area contributed by atoms with Gasteiger partial charge in [0.15, 0.2) is 0 Å². The van der Waals surface area contributed by atoms with Gasteiger partial charge in [-0.1, -0.05) is 42.1 Å². The van der Waals surface area contributed by atoms with E-state index in [4.69, 9.17) is 9.84 Å². The second kappa shape index (κ2) is 10.2. The van der Waals surface area contributed by atoms with E-state index in [1.165, 1.54) is 17.8 Å². The smallest absolute Gasteiger partial charge is 0.255 e. The third-order valence-corrected chi connectivity index (χ3v) is 6.63. The van der Waals surface area contributed by atoms with Crippen molar-refractivity contribution in [1.82, 2.24) is 19.7 Å². The van der Waals surface area contributed by atoms with Crippen LogP contribution in [0.2, 0.25) is 0 Å². The molecule has 2 aromatic carbocycles. The molecule has 3 heterocycles. The van der Waals surface area contributed by atoms with E-state index in [1.807, 2.05) is 31.2 Å². The second-order valence-corrected chi connectivity index (χ2v) is 9.02. The fourth-order valence-corrected chi connectivity index (χ4v) is 4.79. The van der Waals surface area contributed by atoms with Crippen LogP contribution in [0.5, 0.6) is 5.75 Å². The van der Waals surface area contributed by atoms with Gasteiger partial charge < -0.3 is 15.4 Å². The summed E-state index contributed by atoms with van der Waals surface area (Å²) in [6.07, 6.45) is 3.23. The highest BCUT2D eigenvalue weighted by molar-refractivity contribution is 7.98. The van der Waals surface area contributed by atoms with Gasteiger partial charge in [0.05, 0.1) is 24.6 Å². The molecule has 8 nitrogen and oxygen atoms in total. The van der Waals surface area contributed by atoms with Crippen molar-refractivity contribution in [2.75, 3.05) is 17.7 Å². The van der Waals surface area contributed by atoms with Crippen LogP contribution < -0.4 is 15.4 Å². The molecule has 0 aliphatic carbocycles. The zero-order valence-corrected chi connectivity index (χ0v) is 20.4. The largest absolute Gasteiger partial charge is 0.497 e. The van der Waals surface area contributed by atoms with E-state index < -0.39 is 6.04 Å². The molecule has 0 fully saturated rings. The fraction of sp³-hybridized carbons (Fsp3) is 0.154. The first-order chi connectivity index (χ1) is 17.5. The van der Waals surface area contributed by atoms with Crippen molar-refractivity contribution in [3.8, 4) is 5.75 Å². The molecule has 10 heteroatoms. The molecular weight excluding hydrogens is 479 g/mol. The van der Waals surface area contributed by atoms with Gasteiger partial charge >= 0.3 is 0 Å². The van der Waals surface area contributed by atoms with E-state index in [9.17, 15) is 9.18 Å². The number of halogens is 1. The summed E-state index contributed by atoms with van der Waals surface area (Å²) in [5, 5.41) is 11.3. The number of hydrogen-bond acceptors (Lipinski definition) is 7. The number of methoxy groups -OCH3 is 1. The highest BCUT2D eigenvalue weighted by Gasteiger charge is 2.34. The molecule has 2 aromatic heterocycles. The fourth-order valence-electron chi connectivity index (χ4n) is 3.97. The number of allylic oxidation sites excluding steroid dienone is 1. The van der Waals surface area contributed by atoms with Crippen molar-refractivity contribution in [3.63, 3.8) is 0 Å². The number of aromatic nitrogens is 4. The SMILES string of the molecule is COc1ccc([C@@H]2C(C(=O)Nc3cccnc3)=C(C)Nc3nc(SCc4ccccc4F)nn32)cc1. The third-order valence-electron chi connectivity index (χ3n) is 5.74. The summed E-state index contributed by atoms with van der Waals surface area (Å²) >= 11 is 1.33. The first-order valence-electron chi connectivity index (χ1n) is 11.2. The zero-order valence-electron chi connectivity index (χ0n) is 19.6. The first kappa shape index (κ1) is 23.6. The number of amides is 1. The molecule has 2 N–H and O–H groups in total. The Bertz CT molecular complexity index is 1420. The lowest BCUT2D eigenvalue weighted by atomic mass is 9.95. The number of benzene rings is 2. The topological polar surface area (TPSA) is 94.0 Å². The Kier molecular flexibility index (Phi) is 6.68. The first-order valence-corrected chi connectivity index (χ1v) is 12.2. The Morgan fingerprint density at radius 2 is 1.97 bits per heavy atom. The summed E-state index contributed by atoms with van der Waals surface area (Å²) in [5.74, 6) is 1.03. The zero-order chi connectivity index (χ0) is 25.1. The molecule has 0 saturated heterocycles. The summed E-state index contributed by atoms with van der Waals surface area (Å²) in [7, 11) is 1.60. The number of carbonyl (C=O) groups excluding carboxylic acids is 1. The minimum Gasteiger partial charge on any atom is -0.497 e. The van der Waals surface area contributed by atoms with Gasteiger partial charge in [0.2, 0.25) is 11.1 Å². The Hall–Kier alpha value is -4.18. The summed E-state index contributed by atoms with van der Waals surface area (Å²) in [4.78, 5) is 22.2. The van der Waals surface area contributed by atoms with Crippen molar-refractivity contribution < 1.29 is 13.9 Å². The number of nitrogens with one attached hydrogen (secondary N) is 2. The normalized spacial score (nSPS) is 14.7. The molecule has 0 unspecified atom stereocenters. The van der Waals surface area contributed by atoms with Gasteiger partial charge in [-0.15, -0.1) is 5.10 Å². The van der Waals surface area contributed by atoms with Crippen LogP contribution >= 0.6 is 11.8 Å². The average Bonchev–Trinajstić information content (AvgIpc) is 3.30. The molecule has 1 aliphatic rings. The number of pyridine rings is 1. The summed E-state index contributed by atoms with van der Waals surface area (Å²) < 4.78 is 21.1. The molecule has 0 spiro atoms. The Labute approximate surface area is 211 Å². The number of rotatable bonds is 7. The maximum absolute atomic E-state index is 14.1.